The van der Waals surface area contributed by atoms with Gasteiger partial charge in [0, 0.05) is 37.9 Å². The number of ether oxygens (including phenoxy) is 1. The summed E-state index contributed by atoms with van der Waals surface area (Å²) in [7, 11) is -2.08. The van der Waals surface area contributed by atoms with E-state index in [0.717, 1.165) is 49.4 Å². The number of methoxy groups -OCH3 is 1. The fraction of sp³-hybridized carbons (Fsp3) is 0.440. The van der Waals surface area contributed by atoms with Gasteiger partial charge >= 0.3 is 0 Å². The number of anilines is 1. The van der Waals surface area contributed by atoms with Crippen LogP contribution in [0.3, 0.4) is 0 Å². The minimum atomic E-state index is -3.72. The molecular formula is C25H32N4O4S2. The minimum Gasteiger partial charge on any atom is -0.497 e. The second kappa shape index (κ2) is 10.5. The summed E-state index contributed by atoms with van der Waals surface area (Å²) in [5, 5.41) is 3.97. The Kier molecular flexibility index (Phi) is 7.63. The molecule has 2 N–H and O–H groups in total. The second-order valence-electron chi connectivity index (χ2n) is 9.35. The van der Waals surface area contributed by atoms with Gasteiger partial charge < -0.3 is 19.9 Å². The third-order valence-corrected chi connectivity index (χ3v) is 8.75. The molecule has 2 aromatic rings. The Balaban J connectivity index is 1.26. The maximum atomic E-state index is 12.8. The van der Waals surface area contributed by atoms with Crippen LogP contribution in [0.1, 0.15) is 24.8 Å². The molecule has 0 aromatic heterocycles. The molecule has 0 unspecified atom stereocenters. The highest BCUT2D eigenvalue weighted by Gasteiger charge is 2.42. The van der Waals surface area contributed by atoms with Crippen LogP contribution in [-0.4, -0.2) is 69.1 Å². The Morgan fingerprint density at radius 1 is 1.06 bits per heavy atom. The van der Waals surface area contributed by atoms with Crippen molar-refractivity contribution in [3.05, 3.63) is 54.1 Å². The van der Waals surface area contributed by atoms with Gasteiger partial charge in [-0.1, -0.05) is 23.8 Å². The van der Waals surface area contributed by atoms with Gasteiger partial charge in [0.05, 0.1) is 18.6 Å². The van der Waals surface area contributed by atoms with Gasteiger partial charge in [-0.3, -0.25) is 4.79 Å². The predicted octanol–water partition coefficient (Wildman–Crippen LogP) is 2.99. The molecule has 0 saturated carbocycles. The maximum absolute atomic E-state index is 12.8. The van der Waals surface area contributed by atoms with Crippen LogP contribution in [0.15, 0.2) is 53.4 Å². The van der Waals surface area contributed by atoms with Gasteiger partial charge in [0.15, 0.2) is 5.11 Å². The highest BCUT2D eigenvalue weighted by molar-refractivity contribution is 7.89. The summed E-state index contributed by atoms with van der Waals surface area (Å²) in [5.41, 5.74) is 1.93. The van der Waals surface area contributed by atoms with E-state index in [-0.39, 0.29) is 22.8 Å². The number of piperidine rings is 1. The van der Waals surface area contributed by atoms with Crippen molar-refractivity contribution in [1.29, 1.82) is 0 Å². The number of nitrogens with zero attached hydrogens (tertiary/aromatic N) is 2. The van der Waals surface area contributed by atoms with Crippen LogP contribution in [-0.2, 0) is 14.8 Å². The van der Waals surface area contributed by atoms with E-state index in [1.807, 2.05) is 31.2 Å². The highest BCUT2D eigenvalue weighted by atomic mass is 32.2. The van der Waals surface area contributed by atoms with E-state index in [4.69, 9.17) is 17.0 Å². The van der Waals surface area contributed by atoms with Gasteiger partial charge in [-0.2, -0.15) is 0 Å². The molecule has 1 spiro atoms. The molecule has 10 heteroatoms. The molecule has 0 bridgehead atoms. The summed E-state index contributed by atoms with van der Waals surface area (Å²) in [5.74, 6) is 0.586. The number of benzene rings is 2. The molecule has 2 fully saturated rings. The number of hydrogen-bond acceptors (Lipinski definition) is 5. The highest BCUT2D eigenvalue weighted by Crippen LogP contribution is 2.40. The van der Waals surface area contributed by atoms with Crippen LogP contribution in [0.2, 0.25) is 0 Å². The van der Waals surface area contributed by atoms with E-state index in [0.29, 0.717) is 18.2 Å². The number of carbonyl (C=O) groups excluding carboxylic acids is 1. The number of likely N-dealkylation sites (tertiary alicyclic amines) is 2. The quantitative estimate of drug-likeness (QED) is 0.571. The zero-order valence-corrected chi connectivity index (χ0v) is 21.8. The third-order valence-electron chi connectivity index (χ3n) is 6.97. The molecule has 0 radical (unpaired) electrons. The van der Waals surface area contributed by atoms with Gasteiger partial charge in [-0.25, -0.2) is 13.1 Å². The largest absolute Gasteiger partial charge is 0.497 e. The number of thiocarbonyl (C=S) groups is 1. The van der Waals surface area contributed by atoms with E-state index in [2.05, 4.69) is 14.9 Å². The lowest BCUT2D eigenvalue weighted by atomic mass is 9.78. The van der Waals surface area contributed by atoms with Gasteiger partial charge in [-0.15, -0.1) is 0 Å². The molecule has 2 aliphatic heterocycles. The number of nitrogens with one attached hydrogen (secondary N) is 2. The smallest absolute Gasteiger partial charge is 0.241 e. The number of carbonyl (C=O) groups is 1. The summed E-state index contributed by atoms with van der Waals surface area (Å²) in [6.07, 6.45) is 2.80. The monoisotopic (exact) mass is 516 g/mol. The van der Waals surface area contributed by atoms with E-state index in [1.54, 1.807) is 36.3 Å². The van der Waals surface area contributed by atoms with Crippen molar-refractivity contribution in [2.75, 3.05) is 45.2 Å². The van der Waals surface area contributed by atoms with Crippen molar-refractivity contribution in [2.24, 2.45) is 5.41 Å². The molecule has 35 heavy (non-hydrogen) atoms. The van der Waals surface area contributed by atoms with Crippen molar-refractivity contribution < 1.29 is 17.9 Å². The summed E-state index contributed by atoms with van der Waals surface area (Å²) in [4.78, 5) is 16.9. The number of hydrogen-bond donors (Lipinski definition) is 2. The van der Waals surface area contributed by atoms with E-state index in [9.17, 15) is 13.2 Å². The second-order valence-corrected chi connectivity index (χ2v) is 11.5. The first kappa shape index (κ1) is 25.4. The van der Waals surface area contributed by atoms with Crippen molar-refractivity contribution in [3.63, 3.8) is 0 Å². The van der Waals surface area contributed by atoms with E-state index in [1.165, 1.54) is 0 Å². The average molecular weight is 517 g/mol. The van der Waals surface area contributed by atoms with Gasteiger partial charge in [-0.05, 0) is 68.1 Å². The molecule has 2 heterocycles. The number of amides is 1. The molecule has 2 saturated heterocycles. The molecule has 1 amide bonds. The van der Waals surface area contributed by atoms with Crippen molar-refractivity contribution >= 4 is 38.9 Å². The first-order chi connectivity index (χ1) is 16.7. The van der Waals surface area contributed by atoms with Crippen LogP contribution in [0.5, 0.6) is 5.75 Å². The average Bonchev–Trinajstić information content (AvgIpc) is 3.27. The fourth-order valence-electron chi connectivity index (χ4n) is 4.71. The summed E-state index contributed by atoms with van der Waals surface area (Å²) < 4.78 is 32.7. The summed E-state index contributed by atoms with van der Waals surface area (Å²) in [6.45, 7) is 4.61. The van der Waals surface area contributed by atoms with Crippen LogP contribution in [0, 0.1) is 12.3 Å². The standard InChI is InChI=1S/C25H32N4O4S2/c1-19-6-8-22(9-7-19)35(31,32)26-17-23(30)29-15-12-25(18-29)10-13-28(14-11-25)24(34)27-20-4-3-5-21(16-20)33-2/h3-9,16,26H,10-15,17-18H2,1-2H3,(H,27,34). The Labute approximate surface area is 212 Å². The lowest BCUT2D eigenvalue weighted by Gasteiger charge is -2.40. The van der Waals surface area contributed by atoms with Gasteiger partial charge in [0.1, 0.15) is 5.75 Å². The van der Waals surface area contributed by atoms with Crippen molar-refractivity contribution in [2.45, 2.75) is 31.1 Å². The van der Waals surface area contributed by atoms with Crippen LogP contribution < -0.4 is 14.8 Å². The van der Waals surface area contributed by atoms with Gasteiger partial charge in [0.25, 0.3) is 0 Å². The van der Waals surface area contributed by atoms with Crippen LogP contribution in [0.25, 0.3) is 0 Å². The minimum absolute atomic E-state index is 0.0631. The number of sulfonamides is 1. The summed E-state index contributed by atoms with van der Waals surface area (Å²) >= 11 is 5.62. The molecule has 188 valence electrons. The fourth-order valence-corrected chi connectivity index (χ4v) is 5.99. The zero-order valence-electron chi connectivity index (χ0n) is 20.1. The molecule has 8 nitrogen and oxygen atoms in total. The molecular weight excluding hydrogens is 484 g/mol. The lowest BCUT2D eigenvalue weighted by molar-refractivity contribution is -0.129. The van der Waals surface area contributed by atoms with E-state index >= 15 is 0 Å². The van der Waals surface area contributed by atoms with Gasteiger partial charge in [0.2, 0.25) is 15.9 Å². The van der Waals surface area contributed by atoms with Crippen LogP contribution >= 0.6 is 12.2 Å². The molecule has 2 aromatic carbocycles. The topological polar surface area (TPSA) is 91.0 Å². The zero-order chi connectivity index (χ0) is 25.1. The Morgan fingerprint density at radius 2 is 1.71 bits per heavy atom. The SMILES string of the molecule is COc1cccc(NC(=S)N2CCC3(CCN(C(=O)CNS(=O)(=O)c4ccc(C)cc4)C3)CC2)c1. The first-order valence-electron chi connectivity index (χ1n) is 11.7. The molecule has 0 atom stereocenters. The Morgan fingerprint density at radius 3 is 2.37 bits per heavy atom. The Hall–Kier alpha value is -2.69. The molecule has 0 aliphatic carbocycles. The van der Waals surface area contributed by atoms with Crippen LogP contribution in [0.4, 0.5) is 5.69 Å². The molecule has 2 aliphatic rings. The van der Waals surface area contributed by atoms with Crippen molar-refractivity contribution in [3.8, 4) is 5.75 Å². The van der Waals surface area contributed by atoms with E-state index < -0.39 is 10.0 Å². The lowest BCUT2D eigenvalue weighted by Crippen LogP contribution is -2.46. The molecule has 4 rings (SSSR count). The number of rotatable bonds is 6. The Bertz CT molecular complexity index is 1180. The number of aryl methyl sites for hydroxylation is 1. The first-order valence-corrected chi connectivity index (χ1v) is 13.6. The third kappa shape index (κ3) is 6.12. The predicted molar refractivity (Wildman–Crippen MR) is 140 cm³/mol. The van der Waals surface area contributed by atoms with Crippen molar-refractivity contribution in [1.82, 2.24) is 14.5 Å². The summed E-state index contributed by atoms with van der Waals surface area (Å²) in [6, 6.07) is 14.2. The maximum Gasteiger partial charge on any atom is 0.241 e. The normalized spacial score (nSPS) is 17.4.